The van der Waals surface area contributed by atoms with Crippen LogP contribution in [0.4, 0.5) is 5.69 Å². The minimum Gasteiger partial charge on any atom is -0.490 e. The molecule has 7 heteroatoms. The van der Waals surface area contributed by atoms with Crippen LogP contribution in [0.3, 0.4) is 0 Å². The number of anilines is 1. The van der Waals surface area contributed by atoms with Crippen molar-refractivity contribution in [1.29, 1.82) is 0 Å². The lowest BCUT2D eigenvalue weighted by molar-refractivity contribution is -0.149. The number of fused-ring (bicyclic) bond motifs is 4. The summed E-state index contributed by atoms with van der Waals surface area (Å²) in [5.41, 5.74) is 4.00. The summed E-state index contributed by atoms with van der Waals surface area (Å²) in [5.74, 6) is 0.640. The van der Waals surface area contributed by atoms with E-state index >= 15 is 0 Å². The van der Waals surface area contributed by atoms with Crippen LogP contribution in [-0.2, 0) is 11.2 Å². The SMILES string of the molecule is CCOc1cccc2c1O[C@@]1(C)[C@H](C(=O)Nc3ccc(C)cc3C)[C@@H]2NC(=S)N1CCc1ccccc1. The summed E-state index contributed by atoms with van der Waals surface area (Å²) >= 11 is 5.86. The Hall–Kier alpha value is -3.58. The Kier molecular flexibility index (Phi) is 6.82. The molecule has 37 heavy (non-hydrogen) atoms. The van der Waals surface area contributed by atoms with E-state index in [1.54, 1.807) is 0 Å². The fourth-order valence-corrected chi connectivity index (χ4v) is 5.88. The fraction of sp³-hybridized carbons (Fsp3) is 0.333. The van der Waals surface area contributed by atoms with Crippen LogP contribution >= 0.6 is 12.2 Å². The molecule has 1 amide bonds. The van der Waals surface area contributed by atoms with Gasteiger partial charge < -0.3 is 25.0 Å². The van der Waals surface area contributed by atoms with E-state index in [0.29, 0.717) is 29.8 Å². The normalized spacial score (nSPS) is 21.9. The van der Waals surface area contributed by atoms with Gasteiger partial charge in [0.2, 0.25) is 5.91 Å². The molecule has 3 aromatic carbocycles. The van der Waals surface area contributed by atoms with Gasteiger partial charge in [-0.25, -0.2) is 0 Å². The maximum atomic E-state index is 14.0. The number of rotatable bonds is 7. The molecule has 3 atom stereocenters. The standard InChI is InChI=1S/C30H33N3O3S/c1-5-35-24-13-9-12-22-26-25(28(34)31-23-15-14-19(2)18-20(23)3)30(4,36-27(22)24)33(29(37)32-26)17-16-21-10-7-6-8-11-21/h6-15,18,25-26H,5,16-17H2,1-4H3,(H,31,34)(H,32,37)/t25-,26+,30-/m0/s1. The van der Waals surface area contributed by atoms with Crippen LogP contribution in [0.2, 0.25) is 0 Å². The Morgan fingerprint density at radius 1 is 1.14 bits per heavy atom. The van der Waals surface area contributed by atoms with Gasteiger partial charge in [0.05, 0.1) is 12.6 Å². The number of hydrogen-bond acceptors (Lipinski definition) is 4. The highest BCUT2D eigenvalue weighted by molar-refractivity contribution is 7.80. The smallest absolute Gasteiger partial charge is 0.236 e. The molecule has 1 saturated heterocycles. The second-order valence-corrected chi connectivity index (χ2v) is 10.3. The van der Waals surface area contributed by atoms with E-state index in [9.17, 15) is 4.79 Å². The Morgan fingerprint density at radius 2 is 1.92 bits per heavy atom. The number of aryl methyl sites for hydroxylation is 2. The van der Waals surface area contributed by atoms with Crippen LogP contribution in [0.1, 0.15) is 42.1 Å². The second-order valence-electron chi connectivity index (χ2n) is 9.86. The molecule has 1 fully saturated rings. The summed E-state index contributed by atoms with van der Waals surface area (Å²) in [6, 6.07) is 21.7. The zero-order valence-corrected chi connectivity index (χ0v) is 22.5. The summed E-state index contributed by atoms with van der Waals surface area (Å²) in [6.07, 6.45) is 0.762. The third-order valence-electron chi connectivity index (χ3n) is 7.31. The largest absolute Gasteiger partial charge is 0.490 e. The molecule has 2 aliphatic heterocycles. The molecule has 0 spiro atoms. The van der Waals surface area contributed by atoms with Crippen molar-refractivity contribution < 1.29 is 14.3 Å². The summed E-state index contributed by atoms with van der Waals surface area (Å²) in [6.45, 7) is 9.08. The number of amides is 1. The molecular formula is C30H33N3O3S. The van der Waals surface area contributed by atoms with Crippen molar-refractivity contribution in [2.75, 3.05) is 18.5 Å². The van der Waals surface area contributed by atoms with Crippen molar-refractivity contribution in [3.05, 3.63) is 89.0 Å². The van der Waals surface area contributed by atoms with E-state index in [0.717, 1.165) is 28.8 Å². The lowest BCUT2D eigenvalue weighted by atomic mass is 9.78. The first-order chi connectivity index (χ1) is 17.8. The number of thiocarbonyl (C=S) groups is 1. The Labute approximate surface area is 224 Å². The first-order valence-corrected chi connectivity index (χ1v) is 13.2. The van der Waals surface area contributed by atoms with Crippen LogP contribution in [0.5, 0.6) is 11.5 Å². The fourth-order valence-electron chi connectivity index (χ4n) is 5.48. The minimum absolute atomic E-state index is 0.119. The Balaban J connectivity index is 1.55. The predicted molar refractivity (Wildman–Crippen MR) is 150 cm³/mol. The maximum Gasteiger partial charge on any atom is 0.236 e. The lowest BCUT2D eigenvalue weighted by Crippen LogP contribution is -2.71. The van der Waals surface area contributed by atoms with Crippen molar-refractivity contribution in [1.82, 2.24) is 10.2 Å². The minimum atomic E-state index is -1.02. The summed E-state index contributed by atoms with van der Waals surface area (Å²) in [4.78, 5) is 16.1. The van der Waals surface area contributed by atoms with Crippen molar-refractivity contribution in [2.24, 2.45) is 5.92 Å². The summed E-state index contributed by atoms with van der Waals surface area (Å²) in [5, 5.41) is 7.24. The van der Waals surface area contributed by atoms with Crippen molar-refractivity contribution >= 4 is 28.9 Å². The summed E-state index contributed by atoms with van der Waals surface area (Å²) in [7, 11) is 0. The van der Waals surface area contributed by atoms with Gasteiger partial charge in [0.25, 0.3) is 0 Å². The molecule has 2 heterocycles. The van der Waals surface area contributed by atoms with Gasteiger partial charge in [0.15, 0.2) is 22.3 Å². The second kappa shape index (κ2) is 10.1. The highest BCUT2D eigenvalue weighted by Gasteiger charge is 2.59. The molecule has 0 aromatic heterocycles. The van der Waals surface area contributed by atoms with Crippen LogP contribution in [-0.4, -0.2) is 34.8 Å². The van der Waals surface area contributed by atoms with Gasteiger partial charge in [-0.2, -0.15) is 0 Å². The zero-order chi connectivity index (χ0) is 26.2. The number of carbonyl (C=O) groups excluding carboxylic acids is 1. The monoisotopic (exact) mass is 515 g/mol. The van der Waals surface area contributed by atoms with Crippen LogP contribution < -0.4 is 20.1 Å². The molecule has 2 bridgehead atoms. The van der Waals surface area contributed by atoms with Crippen LogP contribution in [0, 0.1) is 19.8 Å². The number of nitrogens with one attached hydrogen (secondary N) is 2. The van der Waals surface area contributed by atoms with E-state index in [1.165, 1.54) is 5.56 Å². The first-order valence-electron chi connectivity index (χ1n) is 12.8. The van der Waals surface area contributed by atoms with Crippen molar-refractivity contribution in [3.8, 4) is 11.5 Å². The van der Waals surface area contributed by atoms with Gasteiger partial charge in [-0.1, -0.05) is 60.2 Å². The van der Waals surface area contributed by atoms with Gasteiger partial charge in [-0.3, -0.25) is 4.79 Å². The van der Waals surface area contributed by atoms with Gasteiger partial charge >= 0.3 is 0 Å². The maximum absolute atomic E-state index is 14.0. The summed E-state index contributed by atoms with van der Waals surface area (Å²) < 4.78 is 12.7. The molecule has 0 saturated carbocycles. The third-order valence-corrected chi connectivity index (χ3v) is 7.65. The number of benzene rings is 3. The number of carbonyl (C=O) groups is 1. The number of ether oxygens (including phenoxy) is 2. The predicted octanol–water partition coefficient (Wildman–Crippen LogP) is 5.54. The topological polar surface area (TPSA) is 62.8 Å². The zero-order valence-electron chi connectivity index (χ0n) is 21.7. The van der Waals surface area contributed by atoms with Gasteiger partial charge in [0.1, 0.15) is 5.92 Å². The highest BCUT2D eigenvalue weighted by atomic mass is 32.1. The van der Waals surface area contributed by atoms with E-state index in [4.69, 9.17) is 21.7 Å². The highest BCUT2D eigenvalue weighted by Crippen LogP contribution is 2.51. The number of nitrogens with zero attached hydrogens (tertiary/aromatic N) is 1. The van der Waals surface area contributed by atoms with Crippen LogP contribution in [0.25, 0.3) is 0 Å². The van der Waals surface area contributed by atoms with Gasteiger partial charge in [-0.15, -0.1) is 0 Å². The molecular weight excluding hydrogens is 482 g/mol. The van der Waals surface area contributed by atoms with Crippen molar-refractivity contribution in [2.45, 2.75) is 45.9 Å². The van der Waals surface area contributed by atoms with E-state index in [2.05, 4.69) is 28.8 Å². The molecule has 6 nitrogen and oxygen atoms in total. The third kappa shape index (κ3) is 4.64. The first kappa shape index (κ1) is 25.1. The van der Waals surface area contributed by atoms with E-state index in [-0.39, 0.29) is 11.9 Å². The number of hydrogen-bond donors (Lipinski definition) is 2. The average molecular weight is 516 g/mol. The molecule has 192 valence electrons. The average Bonchev–Trinajstić information content (AvgIpc) is 2.86. The molecule has 0 unspecified atom stereocenters. The van der Waals surface area contributed by atoms with Crippen LogP contribution in [0.15, 0.2) is 66.7 Å². The Morgan fingerprint density at radius 3 is 2.65 bits per heavy atom. The molecule has 0 aliphatic carbocycles. The van der Waals surface area contributed by atoms with E-state index < -0.39 is 11.6 Å². The Bertz CT molecular complexity index is 1330. The molecule has 2 N–H and O–H groups in total. The quantitative estimate of drug-likeness (QED) is 0.403. The van der Waals surface area contributed by atoms with Crippen molar-refractivity contribution in [3.63, 3.8) is 0 Å². The molecule has 0 radical (unpaired) electrons. The molecule has 3 aromatic rings. The van der Waals surface area contributed by atoms with Gasteiger partial charge in [-0.05, 0) is 69.6 Å². The van der Waals surface area contributed by atoms with E-state index in [1.807, 2.05) is 81.1 Å². The lowest BCUT2D eigenvalue weighted by Gasteiger charge is -2.56. The number of para-hydroxylation sites is 1. The molecule has 5 rings (SSSR count). The molecule has 2 aliphatic rings. The van der Waals surface area contributed by atoms with Gasteiger partial charge in [0, 0.05) is 17.8 Å².